The second kappa shape index (κ2) is 5.74. The first kappa shape index (κ1) is 14.7. The van der Waals surface area contributed by atoms with Gasteiger partial charge in [0.1, 0.15) is 5.82 Å². The molecule has 0 radical (unpaired) electrons. The lowest BCUT2D eigenvalue weighted by atomic mass is 10.2. The van der Waals surface area contributed by atoms with Gasteiger partial charge in [-0.2, -0.15) is 0 Å². The Morgan fingerprint density at radius 3 is 2.75 bits per heavy atom. The highest BCUT2D eigenvalue weighted by atomic mass is 32.2. The van der Waals surface area contributed by atoms with Crippen molar-refractivity contribution in [1.29, 1.82) is 0 Å². The molecule has 108 valence electrons. The number of rotatable bonds is 5. The van der Waals surface area contributed by atoms with Crippen molar-refractivity contribution in [3.8, 4) is 0 Å². The molecule has 2 aromatic rings. The highest BCUT2D eigenvalue weighted by Gasteiger charge is 2.18. The zero-order valence-electron chi connectivity index (χ0n) is 10.7. The number of aliphatic hydroxyl groups excluding tert-OH is 1. The summed E-state index contributed by atoms with van der Waals surface area (Å²) in [7, 11) is -3.79. The van der Waals surface area contributed by atoms with E-state index >= 15 is 0 Å². The molecule has 0 fully saturated rings. The minimum atomic E-state index is -3.79. The number of hydrogen-bond donors (Lipinski definition) is 2. The minimum absolute atomic E-state index is 0.0456. The molecule has 0 saturated carbocycles. The Kier molecular flexibility index (Phi) is 4.22. The van der Waals surface area contributed by atoms with Crippen LogP contribution >= 0.6 is 0 Å². The molecule has 7 heteroatoms. The van der Waals surface area contributed by atoms with E-state index in [-0.39, 0.29) is 17.0 Å². The van der Waals surface area contributed by atoms with Crippen molar-refractivity contribution >= 4 is 10.0 Å². The van der Waals surface area contributed by atoms with E-state index in [2.05, 4.69) is 4.72 Å². The molecule has 5 nitrogen and oxygen atoms in total. The number of nitrogens with one attached hydrogen (secondary N) is 1. The normalized spacial score (nSPS) is 13.3. The van der Waals surface area contributed by atoms with Gasteiger partial charge < -0.3 is 9.52 Å². The zero-order valence-corrected chi connectivity index (χ0v) is 11.5. The summed E-state index contributed by atoms with van der Waals surface area (Å²) in [4.78, 5) is -0.0456. The van der Waals surface area contributed by atoms with Crippen LogP contribution in [0.25, 0.3) is 0 Å². The Hall–Kier alpha value is -1.70. The number of furan rings is 1. The molecule has 0 bridgehead atoms. The molecular weight excluding hydrogens is 285 g/mol. The van der Waals surface area contributed by atoms with Gasteiger partial charge >= 0.3 is 0 Å². The van der Waals surface area contributed by atoms with Crippen LogP contribution in [0.1, 0.15) is 17.2 Å². The molecular formula is C13H14FNO4S. The Balaban J connectivity index is 2.09. The lowest BCUT2D eigenvalue weighted by Gasteiger charge is -2.11. The third kappa shape index (κ3) is 3.24. The maximum absolute atomic E-state index is 13.1. The van der Waals surface area contributed by atoms with Crippen LogP contribution in [0.5, 0.6) is 0 Å². The Bertz CT molecular complexity index is 682. The maximum Gasteiger partial charge on any atom is 0.240 e. The van der Waals surface area contributed by atoms with Crippen molar-refractivity contribution in [2.24, 2.45) is 0 Å². The van der Waals surface area contributed by atoms with Crippen molar-refractivity contribution in [1.82, 2.24) is 4.72 Å². The lowest BCUT2D eigenvalue weighted by molar-refractivity contribution is 0.181. The monoisotopic (exact) mass is 299 g/mol. The van der Waals surface area contributed by atoms with Gasteiger partial charge in [0.05, 0.1) is 23.5 Å². The Labute approximate surface area is 116 Å². The van der Waals surface area contributed by atoms with E-state index in [1.807, 2.05) is 0 Å². The smallest absolute Gasteiger partial charge is 0.240 e. The summed E-state index contributed by atoms with van der Waals surface area (Å²) >= 11 is 0. The Morgan fingerprint density at radius 1 is 1.40 bits per heavy atom. The Morgan fingerprint density at radius 2 is 2.15 bits per heavy atom. The van der Waals surface area contributed by atoms with Crippen molar-refractivity contribution < 1.29 is 22.3 Å². The summed E-state index contributed by atoms with van der Waals surface area (Å²) in [5, 5.41) is 9.77. The number of halogens is 1. The molecule has 1 aromatic carbocycles. The van der Waals surface area contributed by atoms with E-state index in [9.17, 15) is 17.9 Å². The van der Waals surface area contributed by atoms with Gasteiger partial charge in [-0.05, 0) is 36.8 Å². The molecule has 0 spiro atoms. The third-order valence-corrected chi connectivity index (χ3v) is 4.26. The number of aliphatic hydroxyl groups is 1. The predicted molar refractivity (Wildman–Crippen MR) is 70.0 cm³/mol. The van der Waals surface area contributed by atoms with Crippen LogP contribution in [0.2, 0.25) is 0 Å². The third-order valence-electron chi connectivity index (χ3n) is 2.83. The molecule has 1 heterocycles. The van der Waals surface area contributed by atoms with E-state index in [0.29, 0.717) is 5.56 Å². The summed E-state index contributed by atoms with van der Waals surface area (Å²) in [6.07, 6.45) is 1.71. The van der Waals surface area contributed by atoms with Gasteiger partial charge in [-0.25, -0.2) is 17.5 Å². The average Bonchev–Trinajstić information content (AvgIpc) is 2.93. The van der Waals surface area contributed by atoms with E-state index < -0.39 is 21.9 Å². The van der Waals surface area contributed by atoms with Gasteiger partial charge in [0, 0.05) is 12.1 Å². The number of sulfonamides is 1. The number of hydrogen-bond acceptors (Lipinski definition) is 4. The molecule has 0 aliphatic carbocycles. The molecule has 0 saturated heterocycles. The summed E-state index contributed by atoms with van der Waals surface area (Å²) in [5.74, 6) is -0.470. The highest BCUT2D eigenvalue weighted by molar-refractivity contribution is 7.89. The lowest BCUT2D eigenvalue weighted by Crippen LogP contribution is -2.28. The zero-order chi connectivity index (χ0) is 14.8. The molecule has 2 N–H and O–H groups in total. The van der Waals surface area contributed by atoms with Crippen LogP contribution in [-0.2, 0) is 10.0 Å². The fourth-order valence-corrected chi connectivity index (χ4v) is 2.76. The van der Waals surface area contributed by atoms with Crippen LogP contribution in [0.15, 0.2) is 46.1 Å². The van der Waals surface area contributed by atoms with E-state index in [1.54, 1.807) is 6.07 Å². The van der Waals surface area contributed by atoms with E-state index in [1.165, 1.54) is 31.6 Å². The topological polar surface area (TPSA) is 79.5 Å². The molecule has 0 aliphatic heterocycles. The second-order valence-electron chi connectivity index (χ2n) is 4.34. The van der Waals surface area contributed by atoms with Crippen molar-refractivity contribution in [3.63, 3.8) is 0 Å². The second-order valence-corrected chi connectivity index (χ2v) is 6.10. The molecule has 0 aliphatic rings. The first-order chi connectivity index (χ1) is 9.40. The minimum Gasteiger partial charge on any atom is -0.472 e. The summed E-state index contributed by atoms with van der Waals surface area (Å²) in [6.45, 7) is 1.28. The maximum atomic E-state index is 13.1. The average molecular weight is 299 g/mol. The summed E-state index contributed by atoms with van der Waals surface area (Å²) in [5.41, 5.74) is 0.714. The van der Waals surface area contributed by atoms with Crippen LogP contribution in [0, 0.1) is 12.7 Å². The predicted octanol–water partition coefficient (Wildman–Crippen LogP) is 1.74. The molecule has 0 unspecified atom stereocenters. The van der Waals surface area contributed by atoms with Gasteiger partial charge in [-0.1, -0.05) is 0 Å². The van der Waals surface area contributed by atoms with E-state index in [4.69, 9.17) is 4.42 Å². The molecule has 1 atom stereocenters. The largest absolute Gasteiger partial charge is 0.472 e. The number of benzene rings is 1. The first-order valence-electron chi connectivity index (χ1n) is 5.86. The van der Waals surface area contributed by atoms with Gasteiger partial charge in [0.15, 0.2) is 0 Å². The van der Waals surface area contributed by atoms with Gasteiger partial charge in [0.2, 0.25) is 10.0 Å². The van der Waals surface area contributed by atoms with Crippen LogP contribution in [0.4, 0.5) is 4.39 Å². The first-order valence-corrected chi connectivity index (χ1v) is 7.34. The van der Waals surface area contributed by atoms with Crippen molar-refractivity contribution in [2.75, 3.05) is 6.54 Å². The standard InChI is InChI=1S/C13H14FNO4S/c1-9-6-11(2-3-12(9)14)20(17,18)15-7-13(16)10-4-5-19-8-10/h2-6,8,13,15-16H,7H2,1H3/t13-/m0/s1. The van der Waals surface area contributed by atoms with Gasteiger partial charge in [0.25, 0.3) is 0 Å². The van der Waals surface area contributed by atoms with Crippen LogP contribution < -0.4 is 4.72 Å². The SMILES string of the molecule is Cc1cc(S(=O)(=O)NC[C@H](O)c2ccoc2)ccc1F. The molecule has 1 aromatic heterocycles. The molecule has 20 heavy (non-hydrogen) atoms. The van der Waals surface area contributed by atoms with Gasteiger partial charge in [-0.15, -0.1) is 0 Å². The number of aryl methyl sites for hydroxylation is 1. The fraction of sp³-hybridized carbons (Fsp3) is 0.231. The fourth-order valence-electron chi connectivity index (χ4n) is 1.64. The van der Waals surface area contributed by atoms with Crippen LogP contribution in [0.3, 0.4) is 0 Å². The van der Waals surface area contributed by atoms with Gasteiger partial charge in [-0.3, -0.25) is 0 Å². The molecule has 0 amide bonds. The van der Waals surface area contributed by atoms with Crippen LogP contribution in [-0.4, -0.2) is 20.1 Å². The molecule has 2 rings (SSSR count). The van der Waals surface area contributed by atoms with E-state index in [0.717, 1.165) is 6.07 Å². The van der Waals surface area contributed by atoms with Crippen molar-refractivity contribution in [2.45, 2.75) is 17.9 Å². The quantitative estimate of drug-likeness (QED) is 0.881. The van der Waals surface area contributed by atoms with Crippen molar-refractivity contribution in [3.05, 3.63) is 53.7 Å². The summed E-state index contributed by atoms with van der Waals surface area (Å²) in [6, 6.07) is 5.05. The highest BCUT2D eigenvalue weighted by Crippen LogP contribution is 2.16. The summed E-state index contributed by atoms with van der Waals surface area (Å²) < 4.78 is 44.2.